The number of hydrogen-bond donors (Lipinski definition) is 1. The average molecular weight is 235 g/mol. The monoisotopic (exact) mass is 235 g/mol. The molecule has 2 atom stereocenters. The third kappa shape index (κ3) is 1.51. The van der Waals surface area contributed by atoms with Crippen LogP contribution in [0.4, 0.5) is 10.1 Å². The first kappa shape index (κ1) is 10.6. The number of anilines is 1. The van der Waals surface area contributed by atoms with Crippen LogP contribution in [0, 0.1) is 5.82 Å². The number of carboxylic acid groups (broad SMARTS) is 1. The van der Waals surface area contributed by atoms with Gasteiger partial charge < -0.3 is 10.0 Å². The van der Waals surface area contributed by atoms with Gasteiger partial charge in [-0.3, -0.25) is 0 Å². The van der Waals surface area contributed by atoms with Crippen molar-refractivity contribution in [3.8, 4) is 0 Å². The smallest absolute Gasteiger partial charge is 0.326 e. The van der Waals surface area contributed by atoms with E-state index in [9.17, 15) is 14.3 Å². The van der Waals surface area contributed by atoms with Crippen LogP contribution in [0.2, 0.25) is 0 Å². The normalized spacial score (nSPS) is 26.5. The van der Waals surface area contributed by atoms with E-state index in [0.29, 0.717) is 12.0 Å². The second-order valence-electron chi connectivity index (χ2n) is 4.77. The van der Waals surface area contributed by atoms with Gasteiger partial charge in [0.05, 0.1) is 0 Å². The van der Waals surface area contributed by atoms with Crippen molar-refractivity contribution in [1.82, 2.24) is 0 Å². The van der Waals surface area contributed by atoms with Crippen LogP contribution in [0.3, 0.4) is 0 Å². The maximum Gasteiger partial charge on any atom is 0.326 e. The Morgan fingerprint density at radius 3 is 2.94 bits per heavy atom. The van der Waals surface area contributed by atoms with Gasteiger partial charge in [0.1, 0.15) is 11.9 Å². The highest BCUT2D eigenvalue weighted by Crippen LogP contribution is 2.40. The number of halogens is 1. The predicted octanol–water partition coefficient (Wildman–Crippen LogP) is 2.19. The molecular weight excluding hydrogens is 221 g/mol. The van der Waals surface area contributed by atoms with E-state index < -0.39 is 12.0 Å². The molecule has 3 nitrogen and oxygen atoms in total. The molecule has 1 saturated heterocycles. The number of fused-ring (bicyclic) bond motifs is 3. The number of hydrogen-bond acceptors (Lipinski definition) is 2. The molecular formula is C13H14FNO2. The first-order valence-corrected chi connectivity index (χ1v) is 5.97. The van der Waals surface area contributed by atoms with Crippen LogP contribution >= 0.6 is 0 Å². The molecule has 0 spiro atoms. The molecule has 0 aromatic heterocycles. The van der Waals surface area contributed by atoms with Crippen molar-refractivity contribution in [2.75, 3.05) is 4.90 Å². The predicted molar refractivity (Wildman–Crippen MR) is 61.6 cm³/mol. The molecule has 2 aliphatic heterocycles. The Bertz CT molecular complexity index is 474. The van der Waals surface area contributed by atoms with Gasteiger partial charge in [0.25, 0.3) is 0 Å². The number of rotatable bonds is 1. The summed E-state index contributed by atoms with van der Waals surface area (Å²) in [4.78, 5) is 13.1. The molecule has 1 fully saturated rings. The lowest BCUT2D eigenvalue weighted by Gasteiger charge is -2.36. The van der Waals surface area contributed by atoms with E-state index in [1.54, 1.807) is 6.07 Å². The van der Waals surface area contributed by atoms with Crippen LogP contribution in [0.15, 0.2) is 18.2 Å². The molecule has 3 rings (SSSR count). The molecule has 0 saturated carbocycles. The fourth-order valence-electron chi connectivity index (χ4n) is 3.12. The number of carboxylic acids is 1. The highest BCUT2D eigenvalue weighted by Gasteiger charge is 2.41. The number of carbonyl (C=O) groups is 1. The molecule has 2 heterocycles. The van der Waals surface area contributed by atoms with Gasteiger partial charge in [-0.05, 0) is 37.8 Å². The van der Waals surface area contributed by atoms with Crippen LogP contribution in [0.25, 0.3) is 0 Å². The Morgan fingerprint density at radius 1 is 1.35 bits per heavy atom. The van der Waals surface area contributed by atoms with E-state index in [-0.39, 0.29) is 11.9 Å². The molecule has 1 aromatic rings. The minimum atomic E-state index is -0.801. The summed E-state index contributed by atoms with van der Waals surface area (Å²) in [5, 5.41) is 9.21. The largest absolute Gasteiger partial charge is 0.480 e. The highest BCUT2D eigenvalue weighted by molar-refractivity contribution is 5.80. The minimum Gasteiger partial charge on any atom is -0.480 e. The summed E-state index contributed by atoms with van der Waals surface area (Å²) in [6.07, 6.45) is 3.14. The molecule has 1 N–H and O–H groups in total. The summed E-state index contributed by atoms with van der Waals surface area (Å²) in [7, 11) is 0. The summed E-state index contributed by atoms with van der Waals surface area (Å²) in [5.41, 5.74) is 1.46. The number of nitrogens with zero attached hydrogens (tertiary/aromatic N) is 1. The van der Waals surface area contributed by atoms with Crippen LogP contribution in [-0.2, 0) is 11.2 Å². The zero-order chi connectivity index (χ0) is 12.0. The van der Waals surface area contributed by atoms with Gasteiger partial charge in [-0.25, -0.2) is 9.18 Å². The Hall–Kier alpha value is -1.58. The molecule has 0 radical (unpaired) electrons. The standard InChI is InChI=1S/C13H14FNO2/c14-10-2-1-3-11-9(10)6-4-8-5-7-12(13(16)17)15(8)11/h1-3,8,12H,4-7H2,(H,16,17). The fourth-order valence-corrected chi connectivity index (χ4v) is 3.12. The van der Waals surface area contributed by atoms with Crippen LogP contribution in [0.1, 0.15) is 24.8 Å². The van der Waals surface area contributed by atoms with Crippen molar-refractivity contribution >= 4 is 11.7 Å². The maximum absolute atomic E-state index is 13.7. The summed E-state index contributed by atoms with van der Waals surface area (Å²) >= 11 is 0. The average Bonchev–Trinajstić information content (AvgIpc) is 2.73. The van der Waals surface area contributed by atoms with E-state index in [1.807, 2.05) is 11.0 Å². The van der Waals surface area contributed by atoms with Gasteiger partial charge in [-0.15, -0.1) is 0 Å². The van der Waals surface area contributed by atoms with Crippen molar-refractivity contribution in [3.05, 3.63) is 29.6 Å². The molecule has 2 unspecified atom stereocenters. The van der Waals surface area contributed by atoms with Crippen molar-refractivity contribution in [2.24, 2.45) is 0 Å². The summed E-state index contributed by atoms with van der Waals surface area (Å²) < 4.78 is 13.7. The zero-order valence-electron chi connectivity index (χ0n) is 9.40. The Morgan fingerprint density at radius 2 is 2.18 bits per heavy atom. The zero-order valence-corrected chi connectivity index (χ0v) is 9.40. The fraction of sp³-hybridized carbons (Fsp3) is 0.462. The summed E-state index contributed by atoms with van der Waals surface area (Å²) in [5.74, 6) is -1.01. The molecule has 4 heteroatoms. The van der Waals surface area contributed by atoms with Crippen molar-refractivity contribution in [2.45, 2.75) is 37.8 Å². The first-order chi connectivity index (χ1) is 8.18. The summed E-state index contributed by atoms with van der Waals surface area (Å²) in [6.45, 7) is 0. The van der Waals surface area contributed by atoms with E-state index >= 15 is 0 Å². The lowest BCUT2D eigenvalue weighted by Crippen LogP contribution is -2.43. The second-order valence-corrected chi connectivity index (χ2v) is 4.77. The molecule has 0 amide bonds. The second kappa shape index (κ2) is 3.72. The Labute approximate surface area is 98.9 Å². The molecule has 1 aromatic carbocycles. The van der Waals surface area contributed by atoms with E-state index in [0.717, 1.165) is 24.9 Å². The SMILES string of the molecule is O=C(O)C1CCC2CCc3c(F)cccc3N21. The van der Waals surface area contributed by atoms with E-state index in [1.165, 1.54) is 6.07 Å². The maximum atomic E-state index is 13.7. The third-order valence-electron chi connectivity index (χ3n) is 3.89. The molecule has 0 bridgehead atoms. The van der Waals surface area contributed by atoms with Crippen molar-refractivity contribution in [1.29, 1.82) is 0 Å². The van der Waals surface area contributed by atoms with Gasteiger partial charge in [-0.2, -0.15) is 0 Å². The van der Waals surface area contributed by atoms with Gasteiger partial charge in [-0.1, -0.05) is 6.07 Å². The Balaban J connectivity index is 2.08. The summed E-state index contributed by atoms with van der Waals surface area (Å²) in [6, 6.07) is 4.73. The lowest BCUT2D eigenvalue weighted by atomic mass is 9.96. The lowest BCUT2D eigenvalue weighted by molar-refractivity contribution is -0.138. The van der Waals surface area contributed by atoms with Gasteiger partial charge in [0.15, 0.2) is 0 Å². The number of aliphatic carboxylic acids is 1. The van der Waals surface area contributed by atoms with Crippen molar-refractivity contribution < 1.29 is 14.3 Å². The van der Waals surface area contributed by atoms with Crippen LogP contribution < -0.4 is 4.90 Å². The van der Waals surface area contributed by atoms with Crippen LogP contribution in [0.5, 0.6) is 0 Å². The van der Waals surface area contributed by atoms with Gasteiger partial charge in [0, 0.05) is 17.3 Å². The molecule has 17 heavy (non-hydrogen) atoms. The quantitative estimate of drug-likeness (QED) is 0.811. The van der Waals surface area contributed by atoms with Gasteiger partial charge >= 0.3 is 5.97 Å². The molecule has 2 aliphatic rings. The third-order valence-corrected chi connectivity index (χ3v) is 3.89. The first-order valence-electron chi connectivity index (χ1n) is 5.97. The minimum absolute atomic E-state index is 0.211. The van der Waals surface area contributed by atoms with Crippen molar-refractivity contribution in [3.63, 3.8) is 0 Å². The molecule has 90 valence electrons. The van der Waals surface area contributed by atoms with E-state index in [2.05, 4.69) is 0 Å². The Kier molecular flexibility index (Phi) is 2.31. The molecule has 0 aliphatic carbocycles. The topological polar surface area (TPSA) is 40.5 Å². The van der Waals surface area contributed by atoms with Crippen LogP contribution in [-0.4, -0.2) is 23.2 Å². The van der Waals surface area contributed by atoms with Gasteiger partial charge in [0.2, 0.25) is 0 Å². The van der Waals surface area contributed by atoms with E-state index in [4.69, 9.17) is 0 Å². The number of benzene rings is 1. The highest BCUT2D eigenvalue weighted by atomic mass is 19.1.